The maximum absolute atomic E-state index is 12.6. The summed E-state index contributed by atoms with van der Waals surface area (Å²) < 4.78 is 12.0. The van der Waals surface area contributed by atoms with Crippen molar-refractivity contribution in [3.63, 3.8) is 0 Å². The quantitative estimate of drug-likeness (QED) is 0.404. The lowest BCUT2D eigenvalue weighted by Gasteiger charge is -2.16. The van der Waals surface area contributed by atoms with E-state index in [-0.39, 0.29) is 11.7 Å². The van der Waals surface area contributed by atoms with E-state index >= 15 is 0 Å². The number of amides is 1. The molecular formula is C22H27N5O3S. The molecule has 31 heavy (non-hydrogen) atoms. The molecule has 0 aliphatic carbocycles. The molecule has 0 aliphatic rings. The first kappa shape index (κ1) is 22.5. The van der Waals surface area contributed by atoms with E-state index in [1.54, 1.807) is 32.4 Å². The lowest BCUT2D eigenvalue weighted by molar-refractivity contribution is -0.113. The summed E-state index contributed by atoms with van der Waals surface area (Å²) in [7, 11) is 3.15. The van der Waals surface area contributed by atoms with Crippen molar-refractivity contribution in [1.29, 1.82) is 0 Å². The lowest BCUT2D eigenvalue weighted by atomic mass is 9.98. The van der Waals surface area contributed by atoms with E-state index in [0.717, 1.165) is 16.8 Å². The Hall–Kier alpha value is -3.20. The topological polar surface area (TPSA) is 104 Å². The fourth-order valence-corrected chi connectivity index (χ4v) is 3.85. The molecule has 3 rings (SSSR count). The molecule has 0 fully saturated rings. The van der Waals surface area contributed by atoms with Crippen LogP contribution in [0.4, 0.5) is 5.69 Å². The summed E-state index contributed by atoms with van der Waals surface area (Å²) in [5.41, 5.74) is 3.67. The van der Waals surface area contributed by atoms with Gasteiger partial charge in [-0.2, -0.15) is 0 Å². The lowest BCUT2D eigenvalue weighted by Crippen LogP contribution is -2.18. The van der Waals surface area contributed by atoms with Gasteiger partial charge in [-0.3, -0.25) is 4.79 Å². The molecule has 8 nitrogen and oxygen atoms in total. The average Bonchev–Trinajstić information content (AvgIpc) is 3.13. The predicted molar refractivity (Wildman–Crippen MR) is 123 cm³/mol. The Balaban J connectivity index is 1.74. The first-order valence-electron chi connectivity index (χ1n) is 9.80. The molecule has 1 heterocycles. The zero-order chi connectivity index (χ0) is 22.5. The highest BCUT2D eigenvalue weighted by Crippen LogP contribution is 2.33. The number of thioether (sulfide) groups is 1. The molecule has 0 saturated carbocycles. The first-order chi connectivity index (χ1) is 14.8. The van der Waals surface area contributed by atoms with Crippen molar-refractivity contribution in [2.75, 3.05) is 31.1 Å². The molecule has 1 amide bonds. The molecule has 3 N–H and O–H groups in total. The minimum atomic E-state index is -0.132. The zero-order valence-corrected chi connectivity index (χ0v) is 19.1. The maximum atomic E-state index is 12.6. The minimum absolute atomic E-state index is 0.132. The number of aromatic nitrogens is 3. The van der Waals surface area contributed by atoms with Gasteiger partial charge in [-0.05, 0) is 36.1 Å². The van der Waals surface area contributed by atoms with Crippen molar-refractivity contribution >= 4 is 23.4 Å². The highest BCUT2D eigenvalue weighted by atomic mass is 32.2. The maximum Gasteiger partial charge on any atom is 0.234 e. The van der Waals surface area contributed by atoms with Crippen LogP contribution < -0.4 is 20.6 Å². The fourth-order valence-electron chi connectivity index (χ4n) is 3.19. The zero-order valence-electron chi connectivity index (χ0n) is 18.3. The number of nitrogen functional groups attached to an aromatic ring is 1. The monoisotopic (exact) mass is 441 g/mol. The van der Waals surface area contributed by atoms with Crippen LogP contribution in [0.5, 0.6) is 11.5 Å². The number of nitrogens with two attached hydrogens (primary N) is 1. The van der Waals surface area contributed by atoms with Gasteiger partial charge in [0, 0.05) is 11.8 Å². The molecule has 0 spiro atoms. The molecule has 0 radical (unpaired) electrons. The molecular weight excluding hydrogens is 414 g/mol. The normalized spacial score (nSPS) is 10.9. The molecule has 1 aromatic heterocycles. The summed E-state index contributed by atoms with van der Waals surface area (Å²) in [5.74, 6) is 8.19. The predicted octanol–water partition coefficient (Wildman–Crippen LogP) is 3.84. The molecule has 0 atom stereocenters. The Morgan fingerprint density at radius 1 is 1.19 bits per heavy atom. The Morgan fingerprint density at radius 3 is 2.65 bits per heavy atom. The first-order valence-corrected chi connectivity index (χ1v) is 10.8. The van der Waals surface area contributed by atoms with Gasteiger partial charge in [0.2, 0.25) is 11.1 Å². The number of ether oxygens (including phenoxy) is 2. The highest BCUT2D eigenvalue weighted by Gasteiger charge is 2.18. The summed E-state index contributed by atoms with van der Waals surface area (Å²) in [4.78, 5) is 12.6. The number of aryl methyl sites for hydroxylation is 1. The third-order valence-corrected chi connectivity index (χ3v) is 5.78. The van der Waals surface area contributed by atoms with E-state index in [9.17, 15) is 4.79 Å². The second-order valence-corrected chi connectivity index (χ2v) is 8.22. The van der Waals surface area contributed by atoms with Crippen LogP contribution in [0.1, 0.15) is 30.9 Å². The van der Waals surface area contributed by atoms with Gasteiger partial charge >= 0.3 is 0 Å². The fraction of sp³-hybridized carbons (Fsp3) is 0.318. The van der Waals surface area contributed by atoms with Crippen LogP contribution in [0.15, 0.2) is 41.6 Å². The third-order valence-electron chi connectivity index (χ3n) is 4.84. The number of carbonyl (C=O) groups excluding carboxylic acids is 1. The van der Waals surface area contributed by atoms with E-state index in [4.69, 9.17) is 15.3 Å². The van der Waals surface area contributed by atoms with E-state index in [2.05, 4.69) is 29.4 Å². The number of rotatable bonds is 8. The third kappa shape index (κ3) is 4.93. The van der Waals surface area contributed by atoms with Gasteiger partial charge < -0.3 is 20.6 Å². The second kappa shape index (κ2) is 9.74. The van der Waals surface area contributed by atoms with Crippen molar-refractivity contribution in [2.45, 2.75) is 31.8 Å². The van der Waals surface area contributed by atoms with Crippen LogP contribution in [0, 0.1) is 6.92 Å². The van der Waals surface area contributed by atoms with Crippen LogP contribution in [0.2, 0.25) is 0 Å². The second-order valence-electron chi connectivity index (χ2n) is 7.27. The molecule has 0 bridgehead atoms. The summed E-state index contributed by atoms with van der Waals surface area (Å²) in [6.07, 6.45) is 0. The smallest absolute Gasteiger partial charge is 0.234 e. The van der Waals surface area contributed by atoms with Crippen molar-refractivity contribution in [1.82, 2.24) is 14.9 Å². The Bertz CT molecular complexity index is 1080. The summed E-state index contributed by atoms with van der Waals surface area (Å²) in [5, 5.41) is 11.8. The van der Waals surface area contributed by atoms with E-state index < -0.39 is 0 Å². The Morgan fingerprint density at radius 2 is 1.97 bits per heavy atom. The number of carbonyl (C=O) groups is 1. The van der Waals surface area contributed by atoms with E-state index in [1.165, 1.54) is 16.4 Å². The SMILES string of the molecule is COc1ccc(-c2nnc(SCC(=O)Nc3c(C)cccc3C(C)C)n2N)c(OC)c1. The van der Waals surface area contributed by atoms with Crippen LogP contribution in [0.3, 0.4) is 0 Å². The number of methoxy groups -OCH3 is 2. The number of hydrogen-bond acceptors (Lipinski definition) is 7. The Kier molecular flexibility index (Phi) is 7.06. The van der Waals surface area contributed by atoms with Crippen molar-refractivity contribution in [3.8, 4) is 22.9 Å². The van der Waals surface area contributed by atoms with Crippen molar-refractivity contribution < 1.29 is 14.3 Å². The molecule has 0 unspecified atom stereocenters. The van der Waals surface area contributed by atoms with Gasteiger partial charge in [-0.1, -0.05) is 43.8 Å². The van der Waals surface area contributed by atoms with Crippen LogP contribution in [-0.4, -0.2) is 40.8 Å². The number of hydrogen-bond donors (Lipinski definition) is 2. The summed E-state index contributed by atoms with van der Waals surface area (Å²) in [6.45, 7) is 6.19. The minimum Gasteiger partial charge on any atom is -0.497 e. The summed E-state index contributed by atoms with van der Waals surface area (Å²) >= 11 is 1.22. The molecule has 0 aliphatic heterocycles. The molecule has 0 saturated heterocycles. The highest BCUT2D eigenvalue weighted by molar-refractivity contribution is 7.99. The summed E-state index contributed by atoms with van der Waals surface area (Å²) in [6, 6.07) is 11.4. The van der Waals surface area contributed by atoms with Crippen LogP contribution >= 0.6 is 11.8 Å². The molecule has 2 aromatic carbocycles. The molecule has 9 heteroatoms. The number of anilines is 1. The average molecular weight is 442 g/mol. The number of para-hydroxylation sites is 1. The number of benzene rings is 2. The van der Waals surface area contributed by atoms with Gasteiger partial charge in [0.05, 0.1) is 25.5 Å². The van der Waals surface area contributed by atoms with Crippen molar-refractivity contribution in [3.05, 3.63) is 47.5 Å². The van der Waals surface area contributed by atoms with Gasteiger partial charge in [0.25, 0.3) is 0 Å². The molecule has 3 aromatic rings. The van der Waals surface area contributed by atoms with Crippen LogP contribution in [-0.2, 0) is 4.79 Å². The van der Waals surface area contributed by atoms with Crippen molar-refractivity contribution in [2.24, 2.45) is 0 Å². The largest absolute Gasteiger partial charge is 0.497 e. The van der Waals surface area contributed by atoms with Gasteiger partial charge in [0.15, 0.2) is 5.82 Å². The molecule has 164 valence electrons. The van der Waals surface area contributed by atoms with E-state index in [1.807, 2.05) is 25.1 Å². The van der Waals surface area contributed by atoms with Gasteiger partial charge in [0.1, 0.15) is 11.5 Å². The van der Waals surface area contributed by atoms with Gasteiger partial charge in [-0.15, -0.1) is 10.2 Å². The van der Waals surface area contributed by atoms with Gasteiger partial charge in [-0.25, -0.2) is 4.68 Å². The van der Waals surface area contributed by atoms with E-state index in [0.29, 0.717) is 34.0 Å². The number of nitrogens with zero attached hydrogens (tertiary/aromatic N) is 3. The standard InChI is InChI=1S/C22H27N5O3S/c1-13(2)16-8-6-7-14(3)20(16)24-19(28)12-31-22-26-25-21(27(22)23)17-10-9-15(29-4)11-18(17)30-5/h6-11,13H,12,23H2,1-5H3,(H,24,28). The number of nitrogens with one attached hydrogen (secondary N) is 1. The Labute approximate surface area is 186 Å². The van der Waals surface area contributed by atoms with Crippen LogP contribution in [0.25, 0.3) is 11.4 Å².